The molecule has 0 aliphatic heterocycles. The van der Waals surface area contributed by atoms with Gasteiger partial charge in [0.15, 0.2) is 5.78 Å². The van der Waals surface area contributed by atoms with Gasteiger partial charge >= 0.3 is 0 Å². The number of hydrogen-bond donors (Lipinski definition) is 2. The Morgan fingerprint density at radius 2 is 2.06 bits per heavy atom. The molecule has 0 radical (unpaired) electrons. The Hall–Kier alpha value is -1.95. The van der Waals surface area contributed by atoms with Crippen molar-refractivity contribution in [3.05, 3.63) is 33.9 Å². The number of aliphatic hydroxyl groups is 1. The molecule has 0 unspecified atom stereocenters. The minimum Gasteiger partial charge on any atom is -0.398 e. The third-order valence-electron chi connectivity index (χ3n) is 1.63. The van der Waals surface area contributed by atoms with Crippen LogP contribution < -0.4 is 5.73 Å². The van der Waals surface area contributed by atoms with E-state index in [4.69, 9.17) is 10.8 Å². The number of nitrogens with zero attached hydrogens (tertiary/aromatic N) is 1. The predicted molar refractivity (Wildman–Crippen MR) is 60.3 cm³/mol. The molecule has 0 fully saturated rings. The number of Topliss-reactive ketones (excluding diaryl/α,β-unsaturated/α-hetero) is 1. The summed E-state index contributed by atoms with van der Waals surface area (Å²) < 4.78 is 0. The summed E-state index contributed by atoms with van der Waals surface area (Å²) in [5.41, 5.74) is 5.78. The number of nitrogen functional groups attached to an aromatic ring is 1. The van der Waals surface area contributed by atoms with Crippen molar-refractivity contribution in [2.75, 3.05) is 12.3 Å². The molecule has 0 atom stereocenters. The molecule has 6 nitrogen and oxygen atoms in total. The maximum Gasteiger partial charge on any atom is 0.271 e. The van der Waals surface area contributed by atoms with Crippen LogP contribution in [0, 0.1) is 10.1 Å². The van der Waals surface area contributed by atoms with Crippen molar-refractivity contribution in [2.45, 2.75) is 13.8 Å². The number of rotatable bonds is 2. The molecule has 0 aromatic heterocycles. The van der Waals surface area contributed by atoms with Gasteiger partial charge in [0.25, 0.3) is 5.69 Å². The lowest BCUT2D eigenvalue weighted by atomic mass is 10.1. The zero-order chi connectivity index (χ0) is 12.7. The summed E-state index contributed by atoms with van der Waals surface area (Å²) in [6.07, 6.45) is 0. The van der Waals surface area contributed by atoms with Gasteiger partial charge in [0.2, 0.25) is 0 Å². The van der Waals surface area contributed by atoms with E-state index in [0.29, 0.717) is 5.56 Å². The van der Waals surface area contributed by atoms with Crippen molar-refractivity contribution in [3.8, 4) is 0 Å². The summed E-state index contributed by atoms with van der Waals surface area (Å²) in [5.74, 6) is -0.201. The third-order valence-corrected chi connectivity index (χ3v) is 1.63. The molecule has 0 amide bonds. The molecule has 1 rings (SSSR count). The van der Waals surface area contributed by atoms with E-state index in [0.717, 1.165) is 0 Å². The highest BCUT2D eigenvalue weighted by Crippen LogP contribution is 2.19. The van der Waals surface area contributed by atoms with Gasteiger partial charge < -0.3 is 10.8 Å². The van der Waals surface area contributed by atoms with Crippen molar-refractivity contribution in [1.29, 1.82) is 0 Å². The molecule has 0 spiro atoms. The Labute approximate surface area is 92.8 Å². The van der Waals surface area contributed by atoms with Crippen LogP contribution in [-0.2, 0) is 0 Å². The van der Waals surface area contributed by atoms with Gasteiger partial charge in [0.1, 0.15) is 0 Å². The Morgan fingerprint density at radius 1 is 1.56 bits per heavy atom. The van der Waals surface area contributed by atoms with E-state index in [1.807, 2.05) is 0 Å². The lowest BCUT2D eigenvalue weighted by Gasteiger charge is -1.99. The van der Waals surface area contributed by atoms with Crippen LogP contribution in [0.25, 0.3) is 0 Å². The van der Waals surface area contributed by atoms with Crippen LogP contribution >= 0.6 is 0 Å². The fourth-order valence-corrected chi connectivity index (χ4v) is 0.984. The highest BCUT2D eigenvalue weighted by molar-refractivity contribution is 5.99. The number of ketones is 1. The standard InChI is InChI=1S/C8H8N2O3.C2H6O/c1-5(11)7-3-2-6(10(12)13)4-8(7)9;1-2-3/h2-4H,9H2,1H3;3H,2H2,1H3. The predicted octanol–water partition coefficient (Wildman–Crippen LogP) is 1.38. The molecular formula is C10H14N2O4. The van der Waals surface area contributed by atoms with E-state index >= 15 is 0 Å². The molecule has 0 heterocycles. The summed E-state index contributed by atoms with van der Waals surface area (Å²) in [5, 5.41) is 17.9. The number of nitro benzene ring substituents is 1. The topological polar surface area (TPSA) is 106 Å². The number of non-ortho nitro benzene ring substituents is 1. The molecule has 16 heavy (non-hydrogen) atoms. The van der Waals surface area contributed by atoms with Gasteiger partial charge in [-0.15, -0.1) is 0 Å². The highest BCUT2D eigenvalue weighted by Gasteiger charge is 2.10. The zero-order valence-corrected chi connectivity index (χ0v) is 9.14. The average molecular weight is 226 g/mol. The lowest BCUT2D eigenvalue weighted by molar-refractivity contribution is -0.384. The van der Waals surface area contributed by atoms with Gasteiger partial charge in [-0.05, 0) is 19.9 Å². The summed E-state index contributed by atoms with van der Waals surface area (Å²) in [6.45, 7) is 3.29. The van der Waals surface area contributed by atoms with Crippen LogP contribution in [0.4, 0.5) is 11.4 Å². The van der Waals surface area contributed by atoms with Crippen LogP contribution in [0.2, 0.25) is 0 Å². The number of anilines is 1. The number of hydrogen-bond acceptors (Lipinski definition) is 5. The molecule has 3 N–H and O–H groups in total. The van der Waals surface area contributed by atoms with Crippen molar-refractivity contribution < 1.29 is 14.8 Å². The summed E-state index contributed by atoms with van der Waals surface area (Å²) in [6, 6.07) is 3.79. The van der Waals surface area contributed by atoms with Gasteiger partial charge in [-0.25, -0.2) is 0 Å². The SMILES string of the molecule is CC(=O)c1ccc([N+](=O)[O-])cc1N.CCO. The minimum atomic E-state index is -0.555. The Morgan fingerprint density at radius 3 is 2.38 bits per heavy atom. The maximum atomic E-state index is 10.9. The van der Waals surface area contributed by atoms with E-state index in [-0.39, 0.29) is 23.8 Å². The molecule has 6 heteroatoms. The van der Waals surface area contributed by atoms with E-state index < -0.39 is 4.92 Å². The van der Waals surface area contributed by atoms with Crippen molar-refractivity contribution in [3.63, 3.8) is 0 Å². The largest absolute Gasteiger partial charge is 0.398 e. The first-order valence-electron chi connectivity index (χ1n) is 4.59. The number of carbonyl (C=O) groups excluding carboxylic acids is 1. The summed E-state index contributed by atoms with van der Waals surface area (Å²) in [7, 11) is 0. The first kappa shape index (κ1) is 14.1. The molecule has 88 valence electrons. The Bertz CT molecular complexity index is 390. The second-order valence-corrected chi connectivity index (χ2v) is 2.90. The van der Waals surface area contributed by atoms with Crippen molar-refractivity contribution >= 4 is 17.2 Å². The van der Waals surface area contributed by atoms with E-state index in [1.165, 1.54) is 25.1 Å². The quantitative estimate of drug-likeness (QED) is 0.343. The normalized spacial score (nSPS) is 8.94. The third kappa shape index (κ3) is 4.05. The second-order valence-electron chi connectivity index (χ2n) is 2.90. The van der Waals surface area contributed by atoms with Crippen LogP contribution in [0.5, 0.6) is 0 Å². The number of nitro groups is 1. The molecule has 0 saturated carbocycles. The molecule has 0 bridgehead atoms. The number of nitrogens with two attached hydrogens (primary N) is 1. The van der Waals surface area contributed by atoms with Gasteiger partial charge in [-0.1, -0.05) is 0 Å². The fraction of sp³-hybridized carbons (Fsp3) is 0.300. The van der Waals surface area contributed by atoms with Gasteiger partial charge in [-0.3, -0.25) is 14.9 Å². The van der Waals surface area contributed by atoms with E-state index in [1.54, 1.807) is 6.92 Å². The second kappa shape index (κ2) is 6.52. The monoisotopic (exact) mass is 226 g/mol. The zero-order valence-electron chi connectivity index (χ0n) is 9.14. The van der Waals surface area contributed by atoms with Gasteiger partial charge in [0.05, 0.1) is 4.92 Å². The molecular weight excluding hydrogens is 212 g/mol. The molecule has 0 aliphatic carbocycles. The van der Waals surface area contributed by atoms with Crippen molar-refractivity contribution in [2.24, 2.45) is 0 Å². The highest BCUT2D eigenvalue weighted by atomic mass is 16.6. The summed E-state index contributed by atoms with van der Waals surface area (Å²) in [4.78, 5) is 20.6. The molecule has 1 aromatic rings. The molecule has 0 saturated heterocycles. The number of aliphatic hydroxyl groups excluding tert-OH is 1. The average Bonchev–Trinajstić information content (AvgIpc) is 2.17. The summed E-state index contributed by atoms with van der Waals surface area (Å²) >= 11 is 0. The number of carbonyl (C=O) groups is 1. The van der Waals surface area contributed by atoms with Crippen LogP contribution in [0.1, 0.15) is 24.2 Å². The van der Waals surface area contributed by atoms with Gasteiger partial charge in [0, 0.05) is 30.0 Å². The van der Waals surface area contributed by atoms with Crippen LogP contribution in [0.15, 0.2) is 18.2 Å². The van der Waals surface area contributed by atoms with Crippen LogP contribution in [-0.4, -0.2) is 22.4 Å². The van der Waals surface area contributed by atoms with E-state index in [2.05, 4.69) is 0 Å². The number of benzene rings is 1. The van der Waals surface area contributed by atoms with Crippen molar-refractivity contribution in [1.82, 2.24) is 0 Å². The Kier molecular flexibility index (Phi) is 5.72. The smallest absolute Gasteiger partial charge is 0.271 e. The lowest BCUT2D eigenvalue weighted by Crippen LogP contribution is -2.00. The van der Waals surface area contributed by atoms with E-state index in [9.17, 15) is 14.9 Å². The molecule has 1 aromatic carbocycles. The minimum absolute atomic E-state index is 0.109. The first-order chi connectivity index (χ1) is 7.43. The maximum absolute atomic E-state index is 10.9. The van der Waals surface area contributed by atoms with Gasteiger partial charge in [-0.2, -0.15) is 0 Å². The molecule has 0 aliphatic rings. The van der Waals surface area contributed by atoms with Crippen LogP contribution in [0.3, 0.4) is 0 Å². The fourth-order valence-electron chi connectivity index (χ4n) is 0.984. The Balaban J connectivity index is 0.000000673. The first-order valence-corrected chi connectivity index (χ1v) is 4.59.